The van der Waals surface area contributed by atoms with Crippen molar-refractivity contribution in [2.24, 2.45) is 0 Å². The monoisotopic (exact) mass is 381 g/mol. The molecular formula is C15H19N5O3S2. The zero-order chi connectivity index (χ0) is 18.2. The highest BCUT2D eigenvalue weighted by Gasteiger charge is 2.19. The van der Waals surface area contributed by atoms with Crippen LogP contribution in [0.2, 0.25) is 0 Å². The first-order chi connectivity index (χ1) is 12.0. The molecule has 0 aliphatic heterocycles. The van der Waals surface area contributed by atoms with Crippen LogP contribution >= 0.6 is 23.1 Å². The Hall–Kier alpha value is -2.33. The largest absolute Gasteiger partial charge is 0.497 e. The summed E-state index contributed by atoms with van der Waals surface area (Å²) in [6.07, 6.45) is 0. The van der Waals surface area contributed by atoms with Gasteiger partial charge in [0.2, 0.25) is 11.0 Å². The summed E-state index contributed by atoms with van der Waals surface area (Å²) in [6, 6.07) is 6.92. The molecule has 0 spiro atoms. The second-order valence-corrected chi connectivity index (χ2v) is 7.40. The van der Waals surface area contributed by atoms with Crippen molar-refractivity contribution in [3.8, 4) is 5.75 Å². The summed E-state index contributed by atoms with van der Waals surface area (Å²) in [6.45, 7) is 3.94. The van der Waals surface area contributed by atoms with E-state index in [0.29, 0.717) is 16.0 Å². The highest BCUT2D eigenvalue weighted by Crippen LogP contribution is 2.30. The Labute approximate surface area is 153 Å². The van der Waals surface area contributed by atoms with Gasteiger partial charge in [-0.05, 0) is 38.1 Å². The minimum atomic E-state index is -0.501. The molecule has 134 valence electrons. The number of thioether (sulfide) groups is 1. The van der Waals surface area contributed by atoms with Crippen LogP contribution in [0.3, 0.4) is 0 Å². The second kappa shape index (κ2) is 9.23. The summed E-state index contributed by atoms with van der Waals surface area (Å²) in [7, 11) is 1.61. The van der Waals surface area contributed by atoms with Crippen LogP contribution in [0, 0.1) is 0 Å². The van der Waals surface area contributed by atoms with E-state index < -0.39 is 11.3 Å². The van der Waals surface area contributed by atoms with E-state index in [9.17, 15) is 9.59 Å². The number of anilines is 2. The molecule has 8 nitrogen and oxygen atoms in total. The van der Waals surface area contributed by atoms with Crippen LogP contribution in [0.15, 0.2) is 28.6 Å². The lowest BCUT2D eigenvalue weighted by Gasteiger charge is -2.09. The summed E-state index contributed by atoms with van der Waals surface area (Å²) >= 11 is 2.57. The molecule has 10 heteroatoms. The van der Waals surface area contributed by atoms with Crippen molar-refractivity contribution in [3.05, 3.63) is 24.3 Å². The van der Waals surface area contributed by atoms with E-state index in [4.69, 9.17) is 4.74 Å². The van der Waals surface area contributed by atoms with E-state index in [2.05, 4.69) is 26.1 Å². The normalized spacial score (nSPS) is 11.5. The molecule has 1 heterocycles. The third-order valence-electron chi connectivity index (χ3n) is 2.97. The molecule has 25 heavy (non-hydrogen) atoms. The van der Waals surface area contributed by atoms with Gasteiger partial charge >= 0.3 is 6.03 Å². The number of carbonyl (C=O) groups excluding carboxylic acids is 2. The summed E-state index contributed by atoms with van der Waals surface area (Å²) < 4.78 is 5.74. The molecule has 1 aromatic carbocycles. The van der Waals surface area contributed by atoms with E-state index in [-0.39, 0.29) is 5.91 Å². The third-order valence-corrected chi connectivity index (χ3v) is 4.99. The van der Waals surface area contributed by atoms with Gasteiger partial charge < -0.3 is 15.4 Å². The van der Waals surface area contributed by atoms with E-state index in [1.54, 1.807) is 21.0 Å². The van der Waals surface area contributed by atoms with Crippen LogP contribution in [0.25, 0.3) is 0 Å². The molecular weight excluding hydrogens is 362 g/mol. The van der Waals surface area contributed by atoms with E-state index in [1.807, 2.05) is 24.3 Å². The van der Waals surface area contributed by atoms with Crippen LogP contribution < -0.4 is 20.7 Å². The van der Waals surface area contributed by atoms with E-state index >= 15 is 0 Å². The van der Waals surface area contributed by atoms with Gasteiger partial charge in [-0.25, -0.2) is 4.79 Å². The first-order valence-corrected chi connectivity index (χ1v) is 9.21. The number of carbonyl (C=O) groups is 2. The minimum absolute atomic E-state index is 0.379. The van der Waals surface area contributed by atoms with E-state index in [0.717, 1.165) is 11.4 Å². The number of rotatable bonds is 7. The van der Waals surface area contributed by atoms with Crippen molar-refractivity contribution in [3.63, 3.8) is 0 Å². The molecule has 0 aliphatic carbocycles. The Morgan fingerprint density at radius 3 is 2.64 bits per heavy atom. The highest BCUT2D eigenvalue weighted by molar-refractivity contribution is 8.02. The van der Waals surface area contributed by atoms with Gasteiger partial charge in [0.25, 0.3) is 0 Å². The predicted octanol–water partition coefficient (Wildman–Crippen LogP) is 2.62. The average molecular weight is 381 g/mol. The molecule has 0 saturated carbocycles. The molecule has 1 aromatic heterocycles. The van der Waals surface area contributed by atoms with Crippen molar-refractivity contribution in [2.45, 2.75) is 23.4 Å². The number of ether oxygens (including phenoxy) is 1. The highest BCUT2D eigenvalue weighted by atomic mass is 32.2. The van der Waals surface area contributed by atoms with Crippen molar-refractivity contribution in [1.82, 2.24) is 20.8 Å². The number of hydrogen-bond acceptors (Lipinski definition) is 8. The quantitative estimate of drug-likeness (QED) is 0.633. The predicted molar refractivity (Wildman–Crippen MR) is 98.7 cm³/mol. The van der Waals surface area contributed by atoms with Crippen LogP contribution in [0.5, 0.6) is 5.75 Å². The Bertz CT molecular complexity index is 720. The molecule has 2 aromatic rings. The Morgan fingerprint density at radius 2 is 2.00 bits per heavy atom. The molecule has 0 bridgehead atoms. The topological polar surface area (TPSA) is 105 Å². The average Bonchev–Trinajstić information content (AvgIpc) is 3.02. The lowest BCUT2D eigenvalue weighted by Crippen LogP contribution is -2.42. The number of amides is 3. The van der Waals surface area contributed by atoms with Crippen LogP contribution in [-0.2, 0) is 4.79 Å². The number of methoxy groups -OCH3 is 1. The number of urea groups is 1. The fourth-order valence-electron chi connectivity index (χ4n) is 1.73. The Kier molecular flexibility index (Phi) is 7.02. The Morgan fingerprint density at radius 1 is 1.28 bits per heavy atom. The molecule has 0 fully saturated rings. The molecule has 0 aliphatic rings. The van der Waals surface area contributed by atoms with Gasteiger partial charge in [0.15, 0.2) is 4.34 Å². The maximum atomic E-state index is 11.9. The maximum absolute atomic E-state index is 11.9. The lowest BCUT2D eigenvalue weighted by molar-refractivity contribution is -0.119. The first-order valence-electron chi connectivity index (χ1n) is 7.51. The molecule has 3 amide bonds. The zero-order valence-electron chi connectivity index (χ0n) is 14.0. The Balaban J connectivity index is 1.89. The van der Waals surface area contributed by atoms with Crippen LogP contribution in [-0.4, -0.2) is 41.0 Å². The number of aromatic nitrogens is 2. The van der Waals surface area contributed by atoms with Gasteiger partial charge in [0.1, 0.15) is 5.75 Å². The lowest BCUT2D eigenvalue weighted by atomic mass is 10.3. The fourth-order valence-corrected chi connectivity index (χ4v) is 3.64. The number of nitrogens with one attached hydrogen (secondary N) is 3. The number of imide groups is 1. The minimum Gasteiger partial charge on any atom is -0.497 e. The SMILES string of the molecule is CCNC(=O)NC(=O)[C@H](C)Sc1nnc(Nc2ccc(OC)cc2)s1. The second-order valence-electron chi connectivity index (χ2n) is 4.84. The van der Waals surface area contributed by atoms with E-state index in [1.165, 1.54) is 23.1 Å². The molecule has 2 rings (SSSR count). The van der Waals surface area contributed by atoms with Gasteiger partial charge in [-0.3, -0.25) is 10.1 Å². The van der Waals surface area contributed by atoms with Crippen molar-refractivity contribution >= 4 is 45.9 Å². The summed E-state index contributed by atoms with van der Waals surface area (Å²) in [5, 5.41) is 16.2. The number of hydrogen-bond donors (Lipinski definition) is 3. The molecule has 0 radical (unpaired) electrons. The molecule has 0 unspecified atom stereocenters. The zero-order valence-corrected chi connectivity index (χ0v) is 15.7. The molecule has 1 atom stereocenters. The number of benzene rings is 1. The van der Waals surface area contributed by atoms with Gasteiger partial charge in [-0.2, -0.15) is 0 Å². The number of nitrogens with zero attached hydrogens (tertiary/aromatic N) is 2. The van der Waals surface area contributed by atoms with Gasteiger partial charge in [-0.1, -0.05) is 23.1 Å². The van der Waals surface area contributed by atoms with Crippen molar-refractivity contribution < 1.29 is 14.3 Å². The van der Waals surface area contributed by atoms with Crippen LogP contribution in [0.4, 0.5) is 15.6 Å². The van der Waals surface area contributed by atoms with Crippen molar-refractivity contribution in [1.29, 1.82) is 0 Å². The summed E-state index contributed by atoms with van der Waals surface area (Å²) in [4.78, 5) is 23.3. The van der Waals surface area contributed by atoms with Crippen molar-refractivity contribution in [2.75, 3.05) is 19.0 Å². The van der Waals surface area contributed by atoms with Crippen LogP contribution in [0.1, 0.15) is 13.8 Å². The van der Waals surface area contributed by atoms with Gasteiger partial charge in [0.05, 0.1) is 12.4 Å². The summed E-state index contributed by atoms with van der Waals surface area (Å²) in [5.41, 5.74) is 0.857. The fraction of sp³-hybridized carbons (Fsp3) is 0.333. The smallest absolute Gasteiger partial charge is 0.321 e. The maximum Gasteiger partial charge on any atom is 0.321 e. The van der Waals surface area contributed by atoms with Gasteiger partial charge in [0, 0.05) is 12.2 Å². The standard InChI is InChI=1S/C15H19N5O3S2/c1-4-16-13(22)18-12(21)9(2)24-15-20-19-14(25-15)17-10-5-7-11(23-3)8-6-10/h5-9H,4H2,1-3H3,(H,17,19)(H2,16,18,21,22)/t9-/m0/s1. The van der Waals surface area contributed by atoms with Gasteiger partial charge in [-0.15, -0.1) is 10.2 Å². The summed E-state index contributed by atoms with van der Waals surface area (Å²) in [5.74, 6) is 0.391. The third kappa shape index (κ3) is 5.91. The first kappa shape index (κ1) is 19.0. The molecule has 3 N–H and O–H groups in total. The molecule has 0 saturated heterocycles.